The predicted molar refractivity (Wildman–Crippen MR) is 76.9 cm³/mol. The topological polar surface area (TPSA) is 68.5 Å². The second-order valence-corrected chi connectivity index (χ2v) is 4.85. The minimum absolute atomic E-state index is 0.0976. The van der Waals surface area contributed by atoms with E-state index in [-0.39, 0.29) is 12.4 Å². The summed E-state index contributed by atoms with van der Waals surface area (Å²) in [7, 11) is 0. The van der Waals surface area contributed by atoms with E-state index in [2.05, 4.69) is 5.32 Å². The fourth-order valence-electron chi connectivity index (χ4n) is 1.64. The van der Waals surface area contributed by atoms with Gasteiger partial charge in [0.25, 0.3) is 5.91 Å². The Morgan fingerprint density at radius 1 is 1.33 bits per heavy atom. The Morgan fingerprint density at radius 3 is 2.81 bits per heavy atom. The molecule has 2 aromatic rings. The van der Waals surface area contributed by atoms with Gasteiger partial charge in [0.15, 0.2) is 5.76 Å². The van der Waals surface area contributed by atoms with Crippen molar-refractivity contribution in [3.05, 3.63) is 59.0 Å². The van der Waals surface area contributed by atoms with E-state index in [0.29, 0.717) is 5.02 Å². The third-order valence-electron chi connectivity index (χ3n) is 2.72. The molecule has 0 fully saturated rings. The molecule has 0 radical (unpaired) electrons. The van der Waals surface area contributed by atoms with Crippen molar-refractivity contribution >= 4 is 23.5 Å². The average Bonchev–Trinajstić information content (AvgIpc) is 2.99. The Bertz CT molecular complexity index is 624. The van der Waals surface area contributed by atoms with E-state index in [9.17, 15) is 9.59 Å². The van der Waals surface area contributed by atoms with Gasteiger partial charge in [0.1, 0.15) is 12.6 Å². The van der Waals surface area contributed by atoms with Crippen LogP contribution in [0.3, 0.4) is 0 Å². The van der Waals surface area contributed by atoms with E-state index in [1.807, 2.05) is 0 Å². The number of nitrogens with one attached hydrogen (secondary N) is 1. The predicted octanol–water partition coefficient (Wildman–Crippen LogP) is 2.79. The molecule has 5 nitrogen and oxygen atoms in total. The smallest absolute Gasteiger partial charge is 0.328 e. The van der Waals surface area contributed by atoms with Gasteiger partial charge in [0.2, 0.25) is 0 Å². The van der Waals surface area contributed by atoms with Crippen LogP contribution < -0.4 is 5.32 Å². The van der Waals surface area contributed by atoms with Crippen molar-refractivity contribution in [2.24, 2.45) is 0 Å². The van der Waals surface area contributed by atoms with Crippen LogP contribution in [0.5, 0.6) is 0 Å². The number of esters is 1. The van der Waals surface area contributed by atoms with Gasteiger partial charge in [-0.3, -0.25) is 4.79 Å². The highest BCUT2D eigenvalue weighted by Gasteiger charge is 2.19. The number of furan rings is 1. The zero-order chi connectivity index (χ0) is 15.2. The molecule has 0 bridgehead atoms. The summed E-state index contributed by atoms with van der Waals surface area (Å²) in [6.07, 6.45) is 1.39. The number of carbonyl (C=O) groups is 2. The van der Waals surface area contributed by atoms with Gasteiger partial charge in [-0.1, -0.05) is 23.7 Å². The summed E-state index contributed by atoms with van der Waals surface area (Å²) in [6, 6.07) is 9.34. The average molecular weight is 308 g/mol. The molecule has 0 aliphatic rings. The van der Waals surface area contributed by atoms with Crippen molar-refractivity contribution in [2.75, 3.05) is 0 Å². The first-order chi connectivity index (χ1) is 10.1. The van der Waals surface area contributed by atoms with Crippen LogP contribution in [0.2, 0.25) is 5.02 Å². The lowest BCUT2D eigenvalue weighted by molar-refractivity contribution is -0.146. The van der Waals surface area contributed by atoms with Gasteiger partial charge in [-0.05, 0) is 36.8 Å². The molecule has 0 unspecified atom stereocenters. The second kappa shape index (κ2) is 6.95. The van der Waals surface area contributed by atoms with Gasteiger partial charge in [-0.15, -0.1) is 0 Å². The SMILES string of the molecule is C[C@@H](NC(=O)c1ccco1)C(=O)OCc1cccc(Cl)c1. The molecule has 0 saturated heterocycles. The fraction of sp³-hybridized carbons (Fsp3) is 0.200. The summed E-state index contributed by atoms with van der Waals surface area (Å²) in [5, 5.41) is 3.07. The molecule has 1 aromatic heterocycles. The molecule has 1 amide bonds. The monoisotopic (exact) mass is 307 g/mol. The lowest BCUT2D eigenvalue weighted by Crippen LogP contribution is -2.39. The lowest BCUT2D eigenvalue weighted by atomic mass is 10.2. The fourth-order valence-corrected chi connectivity index (χ4v) is 1.85. The molecule has 21 heavy (non-hydrogen) atoms. The summed E-state index contributed by atoms with van der Waals surface area (Å²) in [4.78, 5) is 23.5. The van der Waals surface area contributed by atoms with E-state index in [1.165, 1.54) is 12.3 Å². The number of carbonyl (C=O) groups excluding carboxylic acids is 2. The molecule has 0 saturated carbocycles. The van der Waals surface area contributed by atoms with Crippen molar-refractivity contribution in [3.8, 4) is 0 Å². The molecule has 1 aromatic carbocycles. The maximum atomic E-state index is 11.8. The molecule has 1 N–H and O–H groups in total. The van der Waals surface area contributed by atoms with Crippen LogP contribution in [0.4, 0.5) is 0 Å². The first-order valence-electron chi connectivity index (χ1n) is 6.31. The minimum Gasteiger partial charge on any atom is -0.459 e. The number of halogens is 1. The Kier molecular flexibility index (Phi) is 5.00. The number of rotatable bonds is 5. The summed E-state index contributed by atoms with van der Waals surface area (Å²) in [5.74, 6) is -0.855. The van der Waals surface area contributed by atoms with E-state index in [0.717, 1.165) is 5.56 Å². The molecule has 1 atom stereocenters. The number of amides is 1. The number of ether oxygens (including phenoxy) is 1. The normalized spacial score (nSPS) is 11.7. The largest absolute Gasteiger partial charge is 0.459 e. The number of hydrogen-bond acceptors (Lipinski definition) is 4. The van der Waals surface area contributed by atoms with E-state index in [4.69, 9.17) is 20.8 Å². The summed E-state index contributed by atoms with van der Waals surface area (Å²) < 4.78 is 10.1. The van der Waals surface area contributed by atoms with Crippen molar-refractivity contribution in [2.45, 2.75) is 19.6 Å². The number of benzene rings is 1. The van der Waals surface area contributed by atoms with Crippen molar-refractivity contribution in [3.63, 3.8) is 0 Å². The van der Waals surface area contributed by atoms with Crippen LogP contribution in [-0.4, -0.2) is 17.9 Å². The van der Waals surface area contributed by atoms with Gasteiger partial charge in [-0.25, -0.2) is 4.79 Å². The van der Waals surface area contributed by atoms with Gasteiger partial charge >= 0.3 is 5.97 Å². The molecule has 0 spiro atoms. The van der Waals surface area contributed by atoms with Gasteiger partial charge in [0.05, 0.1) is 6.26 Å². The molecule has 110 valence electrons. The molecular formula is C15H14ClNO4. The van der Waals surface area contributed by atoms with Crippen LogP contribution in [0.25, 0.3) is 0 Å². The summed E-state index contributed by atoms with van der Waals surface area (Å²) in [6.45, 7) is 1.64. The van der Waals surface area contributed by atoms with Crippen LogP contribution in [0.15, 0.2) is 47.1 Å². The van der Waals surface area contributed by atoms with Gasteiger partial charge in [-0.2, -0.15) is 0 Å². The quantitative estimate of drug-likeness (QED) is 0.862. The first-order valence-corrected chi connectivity index (χ1v) is 6.69. The maximum absolute atomic E-state index is 11.8. The molecule has 0 aliphatic carbocycles. The van der Waals surface area contributed by atoms with Crippen LogP contribution in [0.1, 0.15) is 23.0 Å². The maximum Gasteiger partial charge on any atom is 0.328 e. The molecule has 0 aliphatic heterocycles. The first kappa shape index (κ1) is 15.1. The lowest BCUT2D eigenvalue weighted by Gasteiger charge is -2.12. The van der Waals surface area contributed by atoms with Gasteiger partial charge < -0.3 is 14.5 Å². The third-order valence-corrected chi connectivity index (χ3v) is 2.95. The Hall–Kier alpha value is -2.27. The standard InChI is InChI=1S/C15H14ClNO4/c1-10(17-14(18)13-6-3-7-20-13)15(19)21-9-11-4-2-5-12(16)8-11/h2-8,10H,9H2,1H3,(H,17,18)/t10-/m1/s1. The highest BCUT2D eigenvalue weighted by Crippen LogP contribution is 2.11. The zero-order valence-corrected chi connectivity index (χ0v) is 12.1. The van der Waals surface area contributed by atoms with Crippen LogP contribution in [0, 0.1) is 0 Å². The Morgan fingerprint density at radius 2 is 2.14 bits per heavy atom. The van der Waals surface area contributed by atoms with Crippen LogP contribution in [-0.2, 0) is 16.1 Å². The zero-order valence-electron chi connectivity index (χ0n) is 11.3. The number of hydrogen-bond donors (Lipinski definition) is 1. The van der Waals surface area contributed by atoms with E-state index < -0.39 is 17.9 Å². The van der Waals surface area contributed by atoms with Crippen molar-refractivity contribution < 1.29 is 18.7 Å². The second-order valence-electron chi connectivity index (χ2n) is 4.41. The highest BCUT2D eigenvalue weighted by molar-refractivity contribution is 6.30. The van der Waals surface area contributed by atoms with E-state index >= 15 is 0 Å². The minimum atomic E-state index is -0.776. The van der Waals surface area contributed by atoms with Crippen molar-refractivity contribution in [1.82, 2.24) is 5.32 Å². The Labute approximate surface area is 126 Å². The van der Waals surface area contributed by atoms with Gasteiger partial charge in [0, 0.05) is 5.02 Å². The van der Waals surface area contributed by atoms with E-state index in [1.54, 1.807) is 37.3 Å². The molecule has 6 heteroatoms. The highest BCUT2D eigenvalue weighted by atomic mass is 35.5. The molecular weight excluding hydrogens is 294 g/mol. The van der Waals surface area contributed by atoms with Crippen molar-refractivity contribution in [1.29, 1.82) is 0 Å². The van der Waals surface area contributed by atoms with Crippen LogP contribution >= 0.6 is 11.6 Å². The Balaban J connectivity index is 1.84. The third kappa shape index (κ3) is 4.36. The molecule has 2 rings (SSSR count). The molecule has 1 heterocycles. The summed E-state index contributed by atoms with van der Waals surface area (Å²) in [5.41, 5.74) is 0.778. The summed E-state index contributed by atoms with van der Waals surface area (Å²) >= 11 is 5.84.